The molecule has 3 aromatic rings. The average molecular weight is 430 g/mol. The van der Waals surface area contributed by atoms with Crippen LogP contribution in [0.2, 0.25) is 0 Å². The summed E-state index contributed by atoms with van der Waals surface area (Å²) < 4.78 is 42.8. The van der Waals surface area contributed by atoms with E-state index in [4.69, 9.17) is 5.73 Å². The second kappa shape index (κ2) is 8.14. The molecule has 1 aromatic heterocycles. The lowest BCUT2D eigenvalue weighted by Crippen LogP contribution is -2.38. The zero-order valence-corrected chi connectivity index (χ0v) is 17.2. The predicted molar refractivity (Wildman–Crippen MR) is 116 cm³/mol. The molecular weight excluding hydrogens is 409 g/mol. The van der Waals surface area contributed by atoms with Gasteiger partial charge in [0.25, 0.3) is 0 Å². The van der Waals surface area contributed by atoms with Crippen LogP contribution in [0, 0.1) is 5.82 Å². The van der Waals surface area contributed by atoms with Crippen LogP contribution in [-0.4, -0.2) is 42.3 Å². The number of anilines is 1. The first-order valence-electron chi connectivity index (χ1n) is 9.15. The summed E-state index contributed by atoms with van der Waals surface area (Å²) in [7, 11) is -3.65. The molecule has 2 aromatic carbocycles. The number of pyridine rings is 1. The highest BCUT2D eigenvalue weighted by molar-refractivity contribution is 7.99. The Morgan fingerprint density at radius 1 is 0.966 bits per heavy atom. The van der Waals surface area contributed by atoms with Crippen LogP contribution in [0.5, 0.6) is 0 Å². The first-order chi connectivity index (χ1) is 14.0. The summed E-state index contributed by atoms with van der Waals surface area (Å²) in [6.07, 6.45) is 1.51. The number of benzene rings is 2. The van der Waals surface area contributed by atoms with Crippen molar-refractivity contribution in [1.82, 2.24) is 9.29 Å². The number of nitrogens with two attached hydrogens (primary N) is 1. The van der Waals surface area contributed by atoms with Gasteiger partial charge in [0.15, 0.2) is 0 Å². The fourth-order valence-electron chi connectivity index (χ4n) is 3.34. The molecule has 2 heterocycles. The second-order valence-corrected chi connectivity index (χ2v) is 9.81. The molecule has 1 aliphatic heterocycles. The fourth-order valence-corrected chi connectivity index (χ4v) is 6.13. The van der Waals surface area contributed by atoms with Crippen LogP contribution in [0.15, 0.2) is 65.7 Å². The lowest BCUT2D eigenvalue weighted by Gasteiger charge is -2.26. The third kappa shape index (κ3) is 4.01. The Labute approximate surface area is 173 Å². The topological polar surface area (TPSA) is 76.3 Å². The van der Waals surface area contributed by atoms with Gasteiger partial charge in [-0.25, -0.2) is 17.8 Å². The van der Waals surface area contributed by atoms with Crippen molar-refractivity contribution in [3.63, 3.8) is 0 Å². The van der Waals surface area contributed by atoms with Gasteiger partial charge in [-0.15, -0.1) is 0 Å². The summed E-state index contributed by atoms with van der Waals surface area (Å²) in [6, 6.07) is 14.8. The Kier molecular flexibility index (Phi) is 5.58. The van der Waals surface area contributed by atoms with Gasteiger partial charge in [0, 0.05) is 47.5 Å². The maximum Gasteiger partial charge on any atom is 0.243 e. The first kappa shape index (κ1) is 19.9. The van der Waals surface area contributed by atoms with Gasteiger partial charge < -0.3 is 5.73 Å². The second-order valence-electron chi connectivity index (χ2n) is 6.68. The standard InChI is InChI=1S/C21H20FN3O2S2/c22-19-13-15(5-7-17(19)16-6-8-21(23)24-14-16)18-3-1-2-4-20(18)29(26,27)25-9-11-28-12-10-25/h1-8,13-14H,9-12H2,(H2,23,24). The minimum atomic E-state index is -3.65. The van der Waals surface area contributed by atoms with E-state index >= 15 is 0 Å². The third-order valence-corrected chi connectivity index (χ3v) is 7.75. The molecule has 8 heteroatoms. The van der Waals surface area contributed by atoms with Gasteiger partial charge in [-0.2, -0.15) is 16.1 Å². The molecule has 4 rings (SSSR count). The zero-order chi connectivity index (χ0) is 20.4. The number of aromatic nitrogens is 1. The lowest BCUT2D eigenvalue weighted by atomic mass is 10.0. The van der Waals surface area contributed by atoms with Gasteiger partial charge in [-0.1, -0.05) is 30.3 Å². The van der Waals surface area contributed by atoms with Gasteiger partial charge >= 0.3 is 0 Å². The summed E-state index contributed by atoms with van der Waals surface area (Å²) in [5.74, 6) is 1.47. The maximum absolute atomic E-state index is 14.9. The van der Waals surface area contributed by atoms with E-state index in [0.717, 1.165) is 11.5 Å². The van der Waals surface area contributed by atoms with Gasteiger partial charge in [-0.05, 0) is 29.8 Å². The Bertz CT molecular complexity index is 1130. The number of rotatable bonds is 4. The molecule has 0 amide bonds. The normalized spacial score (nSPS) is 15.3. The van der Waals surface area contributed by atoms with Gasteiger partial charge in [-0.3, -0.25) is 0 Å². The van der Waals surface area contributed by atoms with Crippen molar-refractivity contribution >= 4 is 27.6 Å². The van der Waals surface area contributed by atoms with E-state index in [0.29, 0.717) is 41.2 Å². The van der Waals surface area contributed by atoms with Gasteiger partial charge in [0.05, 0.1) is 4.90 Å². The molecule has 5 nitrogen and oxygen atoms in total. The van der Waals surface area contributed by atoms with E-state index in [1.54, 1.807) is 60.3 Å². The monoisotopic (exact) mass is 429 g/mol. The number of nitrogens with zero attached hydrogens (tertiary/aromatic N) is 2. The van der Waals surface area contributed by atoms with E-state index in [1.165, 1.54) is 16.6 Å². The lowest BCUT2D eigenvalue weighted by molar-refractivity contribution is 0.444. The van der Waals surface area contributed by atoms with Crippen LogP contribution in [0.3, 0.4) is 0 Å². The van der Waals surface area contributed by atoms with Crippen LogP contribution in [-0.2, 0) is 10.0 Å². The van der Waals surface area contributed by atoms with Crippen LogP contribution in [0.25, 0.3) is 22.3 Å². The largest absolute Gasteiger partial charge is 0.384 e. The Hall–Kier alpha value is -2.42. The van der Waals surface area contributed by atoms with Crippen molar-refractivity contribution in [3.8, 4) is 22.3 Å². The minimum Gasteiger partial charge on any atom is -0.384 e. The Morgan fingerprint density at radius 2 is 1.69 bits per heavy atom. The average Bonchev–Trinajstić information content (AvgIpc) is 2.75. The Balaban J connectivity index is 1.74. The zero-order valence-electron chi connectivity index (χ0n) is 15.6. The van der Waals surface area contributed by atoms with Crippen molar-refractivity contribution in [2.24, 2.45) is 0 Å². The molecule has 29 heavy (non-hydrogen) atoms. The number of halogens is 1. The van der Waals surface area contributed by atoms with Crippen LogP contribution >= 0.6 is 11.8 Å². The molecule has 0 atom stereocenters. The number of nitrogen functional groups attached to an aromatic ring is 1. The molecule has 0 aliphatic carbocycles. The number of sulfonamides is 1. The smallest absolute Gasteiger partial charge is 0.243 e. The van der Waals surface area contributed by atoms with E-state index in [-0.39, 0.29) is 4.90 Å². The van der Waals surface area contributed by atoms with Gasteiger partial charge in [0.1, 0.15) is 11.6 Å². The summed E-state index contributed by atoms with van der Waals surface area (Å²) in [6.45, 7) is 0.970. The maximum atomic E-state index is 14.9. The number of hydrogen-bond acceptors (Lipinski definition) is 5. The van der Waals surface area contributed by atoms with Crippen LogP contribution < -0.4 is 5.73 Å². The first-order valence-corrected chi connectivity index (χ1v) is 11.7. The number of thioether (sulfide) groups is 1. The molecule has 1 aliphatic rings. The molecule has 0 unspecified atom stereocenters. The van der Waals surface area contributed by atoms with Crippen molar-refractivity contribution in [1.29, 1.82) is 0 Å². The molecule has 0 saturated carbocycles. The summed E-state index contributed by atoms with van der Waals surface area (Å²) in [5, 5.41) is 0. The molecule has 2 N–H and O–H groups in total. The molecule has 0 spiro atoms. The molecule has 1 saturated heterocycles. The highest BCUT2D eigenvalue weighted by atomic mass is 32.2. The van der Waals surface area contributed by atoms with E-state index in [1.807, 2.05) is 0 Å². The van der Waals surface area contributed by atoms with Crippen molar-refractivity contribution in [3.05, 3.63) is 66.6 Å². The SMILES string of the molecule is Nc1ccc(-c2ccc(-c3ccccc3S(=O)(=O)N3CCSCC3)cc2F)cn1. The van der Waals surface area contributed by atoms with Gasteiger partial charge in [0.2, 0.25) is 10.0 Å². The molecule has 1 fully saturated rings. The van der Waals surface area contributed by atoms with Crippen molar-refractivity contribution in [2.75, 3.05) is 30.3 Å². The molecule has 0 bridgehead atoms. The van der Waals surface area contributed by atoms with E-state index in [2.05, 4.69) is 4.98 Å². The minimum absolute atomic E-state index is 0.202. The quantitative estimate of drug-likeness (QED) is 0.681. The summed E-state index contributed by atoms with van der Waals surface area (Å²) >= 11 is 1.74. The predicted octanol–water partition coefficient (Wildman–Crippen LogP) is 3.87. The summed E-state index contributed by atoms with van der Waals surface area (Å²) in [4.78, 5) is 4.20. The third-order valence-electron chi connectivity index (χ3n) is 4.85. The van der Waals surface area contributed by atoms with Crippen LogP contribution in [0.1, 0.15) is 0 Å². The summed E-state index contributed by atoms with van der Waals surface area (Å²) in [5.41, 5.74) is 7.59. The number of hydrogen-bond donors (Lipinski definition) is 1. The van der Waals surface area contributed by atoms with Crippen molar-refractivity contribution in [2.45, 2.75) is 4.90 Å². The van der Waals surface area contributed by atoms with E-state index in [9.17, 15) is 12.8 Å². The highest BCUT2D eigenvalue weighted by Gasteiger charge is 2.28. The molecular formula is C21H20FN3O2S2. The Morgan fingerprint density at radius 3 is 2.38 bits per heavy atom. The fraction of sp³-hybridized carbons (Fsp3) is 0.190. The highest BCUT2D eigenvalue weighted by Crippen LogP contribution is 2.33. The molecule has 0 radical (unpaired) electrons. The van der Waals surface area contributed by atoms with Crippen LogP contribution in [0.4, 0.5) is 10.2 Å². The van der Waals surface area contributed by atoms with Crippen molar-refractivity contribution < 1.29 is 12.8 Å². The molecule has 150 valence electrons. The van der Waals surface area contributed by atoms with E-state index < -0.39 is 15.8 Å².